The number of aromatic amines is 1. The second-order valence-corrected chi connectivity index (χ2v) is 8.12. The van der Waals surface area contributed by atoms with Gasteiger partial charge in [-0.1, -0.05) is 32.3 Å². The second kappa shape index (κ2) is 9.20. The summed E-state index contributed by atoms with van der Waals surface area (Å²) in [5, 5.41) is 4.14. The predicted octanol–water partition coefficient (Wildman–Crippen LogP) is 4.73. The Labute approximate surface area is 176 Å². The maximum atomic E-state index is 13.1. The topological polar surface area (TPSA) is 78.3 Å². The highest BCUT2D eigenvalue weighted by Crippen LogP contribution is 2.19. The molecule has 1 saturated carbocycles. The first-order chi connectivity index (χ1) is 14.6. The minimum atomic E-state index is -0.165. The summed E-state index contributed by atoms with van der Waals surface area (Å²) in [6.45, 7) is 2.65. The Morgan fingerprint density at radius 3 is 2.73 bits per heavy atom. The van der Waals surface area contributed by atoms with Gasteiger partial charge in [0.05, 0.1) is 19.4 Å². The number of urea groups is 1. The van der Waals surface area contributed by atoms with Crippen molar-refractivity contribution in [3.63, 3.8) is 0 Å². The van der Waals surface area contributed by atoms with Crippen LogP contribution in [0.2, 0.25) is 0 Å². The Balaban J connectivity index is 1.59. The molecule has 0 aliphatic heterocycles. The van der Waals surface area contributed by atoms with Crippen LogP contribution in [0.5, 0.6) is 0 Å². The van der Waals surface area contributed by atoms with E-state index in [4.69, 9.17) is 4.42 Å². The number of amides is 2. The van der Waals surface area contributed by atoms with Gasteiger partial charge in [-0.2, -0.15) is 0 Å². The van der Waals surface area contributed by atoms with Gasteiger partial charge in [0.1, 0.15) is 5.76 Å². The quantitative estimate of drug-likeness (QED) is 0.620. The van der Waals surface area contributed by atoms with Gasteiger partial charge >= 0.3 is 6.03 Å². The average molecular weight is 408 g/mol. The molecule has 1 aliphatic carbocycles. The smallest absolute Gasteiger partial charge is 0.318 e. The first-order valence-corrected chi connectivity index (χ1v) is 10.8. The highest BCUT2D eigenvalue weighted by Gasteiger charge is 2.22. The molecule has 1 fully saturated rings. The van der Waals surface area contributed by atoms with Gasteiger partial charge in [-0.15, -0.1) is 0 Å². The monoisotopic (exact) mass is 407 g/mol. The first kappa shape index (κ1) is 20.3. The largest absolute Gasteiger partial charge is 0.467 e. The van der Waals surface area contributed by atoms with Gasteiger partial charge in [0, 0.05) is 17.1 Å². The van der Waals surface area contributed by atoms with Crippen molar-refractivity contribution in [2.45, 2.75) is 64.6 Å². The normalized spacial score (nSPS) is 14.7. The molecule has 0 unspecified atom stereocenters. The van der Waals surface area contributed by atoms with Crippen molar-refractivity contribution in [3.05, 3.63) is 69.9 Å². The van der Waals surface area contributed by atoms with Gasteiger partial charge in [-0.05, 0) is 60.5 Å². The number of nitrogens with zero attached hydrogens (tertiary/aromatic N) is 1. The lowest BCUT2D eigenvalue weighted by Crippen LogP contribution is -2.45. The van der Waals surface area contributed by atoms with Crippen LogP contribution in [0, 0.1) is 0 Å². The van der Waals surface area contributed by atoms with Crippen molar-refractivity contribution < 1.29 is 9.21 Å². The molecule has 3 aromatic rings. The van der Waals surface area contributed by atoms with E-state index < -0.39 is 0 Å². The summed E-state index contributed by atoms with van der Waals surface area (Å²) in [6.07, 6.45) is 8.07. The second-order valence-electron chi connectivity index (χ2n) is 8.12. The number of benzene rings is 1. The number of pyridine rings is 1. The van der Waals surface area contributed by atoms with Crippen molar-refractivity contribution >= 4 is 16.9 Å². The third-order valence-corrected chi connectivity index (χ3v) is 5.90. The lowest BCUT2D eigenvalue weighted by molar-refractivity contribution is 0.179. The minimum absolute atomic E-state index is 0.153. The van der Waals surface area contributed by atoms with E-state index in [-0.39, 0.29) is 24.2 Å². The van der Waals surface area contributed by atoms with E-state index in [1.807, 2.05) is 30.3 Å². The molecule has 1 aromatic carbocycles. The van der Waals surface area contributed by atoms with Crippen molar-refractivity contribution in [1.29, 1.82) is 0 Å². The van der Waals surface area contributed by atoms with Crippen LogP contribution in [-0.2, 0) is 19.5 Å². The zero-order valence-corrected chi connectivity index (χ0v) is 17.4. The molecule has 4 rings (SSSR count). The van der Waals surface area contributed by atoms with Crippen LogP contribution in [0.25, 0.3) is 10.9 Å². The Bertz CT molecular complexity index is 1050. The molecule has 2 amide bonds. The van der Waals surface area contributed by atoms with E-state index in [1.165, 1.54) is 12.0 Å². The molecule has 0 saturated heterocycles. The van der Waals surface area contributed by atoms with Crippen LogP contribution < -0.4 is 10.9 Å². The van der Waals surface area contributed by atoms with Gasteiger partial charge in [-0.25, -0.2) is 4.79 Å². The summed E-state index contributed by atoms with van der Waals surface area (Å²) >= 11 is 0. The molecule has 2 heterocycles. The summed E-state index contributed by atoms with van der Waals surface area (Å²) < 4.78 is 5.46. The van der Waals surface area contributed by atoms with Crippen LogP contribution in [-0.4, -0.2) is 22.0 Å². The van der Waals surface area contributed by atoms with Crippen molar-refractivity contribution in [1.82, 2.24) is 15.2 Å². The van der Waals surface area contributed by atoms with Gasteiger partial charge in [0.25, 0.3) is 5.56 Å². The van der Waals surface area contributed by atoms with Gasteiger partial charge in [-0.3, -0.25) is 4.79 Å². The molecule has 2 aromatic heterocycles. The van der Waals surface area contributed by atoms with Crippen LogP contribution in [0.3, 0.4) is 0 Å². The van der Waals surface area contributed by atoms with Gasteiger partial charge < -0.3 is 19.6 Å². The lowest BCUT2D eigenvalue weighted by Gasteiger charge is -2.28. The number of aromatic nitrogens is 1. The maximum Gasteiger partial charge on any atom is 0.318 e. The summed E-state index contributed by atoms with van der Waals surface area (Å²) in [7, 11) is 0. The predicted molar refractivity (Wildman–Crippen MR) is 117 cm³/mol. The molecule has 158 valence electrons. The lowest BCUT2D eigenvalue weighted by atomic mass is 9.96. The van der Waals surface area contributed by atoms with Gasteiger partial charge in [0.2, 0.25) is 0 Å². The molecule has 6 heteroatoms. The zero-order valence-electron chi connectivity index (χ0n) is 17.4. The number of hydrogen-bond donors (Lipinski definition) is 2. The molecular weight excluding hydrogens is 378 g/mol. The number of rotatable bonds is 6. The van der Waals surface area contributed by atoms with E-state index in [0.717, 1.165) is 43.0 Å². The Morgan fingerprint density at radius 2 is 2.00 bits per heavy atom. The summed E-state index contributed by atoms with van der Waals surface area (Å²) in [5.41, 5.74) is 2.43. The van der Waals surface area contributed by atoms with Crippen molar-refractivity contribution in [3.8, 4) is 0 Å². The fourth-order valence-electron chi connectivity index (χ4n) is 4.15. The number of fused-ring (bicyclic) bond motifs is 1. The molecule has 6 nitrogen and oxygen atoms in total. The molecular formula is C24H29N3O3. The highest BCUT2D eigenvalue weighted by molar-refractivity contribution is 5.80. The van der Waals surface area contributed by atoms with E-state index in [9.17, 15) is 9.59 Å². The average Bonchev–Trinajstić information content (AvgIpc) is 3.27. The van der Waals surface area contributed by atoms with Crippen molar-refractivity contribution in [2.24, 2.45) is 0 Å². The standard InChI is InChI=1S/C24H29N3O3/c1-2-17-10-11-22-18(13-17)14-19(23(28)26-22)15-27(16-21-9-6-12-30-21)24(29)25-20-7-4-3-5-8-20/h6,9-14,20H,2-5,7-8,15-16H2,1H3,(H,25,29)(H,26,28). The van der Waals surface area contributed by atoms with Crippen molar-refractivity contribution in [2.75, 3.05) is 0 Å². The number of nitrogens with one attached hydrogen (secondary N) is 2. The van der Waals surface area contributed by atoms with Gasteiger partial charge in [0.15, 0.2) is 0 Å². The van der Waals surface area contributed by atoms with Crippen LogP contribution in [0.1, 0.15) is 55.9 Å². The number of aryl methyl sites for hydroxylation is 1. The summed E-state index contributed by atoms with van der Waals surface area (Å²) in [5.74, 6) is 0.694. The molecule has 2 N–H and O–H groups in total. The highest BCUT2D eigenvalue weighted by atomic mass is 16.3. The number of carbonyl (C=O) groups is 1. The molecule has 0 bridgehead atoms. The van der Waals surface area contributed by atoms with E-state index in [1.54, 1.807) is 11.2 Å². The Kier molecular flexibility index (Phi) is 6.21. The molecule has 1 aliphatic rings. The third kappa shape index (κ3) is 4.75. The third-order valence-electron chi connectivity index (χ3n) is 5.90. The molecule has 0 atom stereocenters. The van der Waals surface area contributed by atoms with E-state index >= 15 is 0 Å². The van der Waals surface area contributed by atoms with Crippen LogP contribution >= 0.6 is 0 Å². The number of furan rings is 1. The van der Waals surface area contributed by atoms with Crippen LogP contribution in [0.4, 0.5) is 4.79 Å². The SMILES string of the molecule is CCc1ccc2[nH]c(=O)c(CN(Cc3ccco3)C(=O)NC3CCCCC3)cc2c1. The Hall–Kier alpha value is -3.02. The minimum Gasteiger partial charge on any atom is -0.467 e. The van der Waals surface area contributed by atoms with E-state index in [0.29, 0.717) is 17.9 Å². The fraction of sp³-hybridized carbons (Fsp3) is 0.417. The molecule has 30 heavy (non-hydrogen) atoms. The molecule has 0 spiro atoms. The summed E-state index contributed by atoms with van der Waals surface area (Å²) in [6, 6.07) is 11.7. The fourth-order valence-corrected chi connectivity index (χ4v) is 4.15. The molecule has 0 radical (unpaired) electrons. The maximum absolute atomic E-state index is 13.1. The van der Waals surface area contributed by atoms with E-state index in [2.05, 4.69) is 23.3 Å². The Morgan fingerprint density at radius 1 is 1.17 bits per heavy atom. The summed E-state index contributed by atoms with van der Waals surface area (Å²) in [4.78, 5) is 30.4. The number of carbonyl (C=O) groups excluding carboxylic acids is 1. The first-order valence-electron chi connectivity index (χ1n) is 10.8. The number of hydrogen-bond acceptors (Lipinski definition) is 3. The van der Waals surface area contributed by atoms with Crippen LogP contribution in [0.15, 0.2) is 51.9 Å². The zero-order chi connectivity index (χ0) is 20.9. The number of H-pyrrole nitrogens is 1.